The van der Waals surface area contributed by atoms with Gasteiger partial charge in [-0.2, -0.15) is 0 Å². The molecule has 2 amide bonds. The number of hydrogen-bond donors (Lipinski definition) is 1. The van der Waals surface area contributed by atoms with Crippen LogP contribution in [0, 0.1) is 11.6 Å². The minimum absolute atomic E-state index is 0.0290. The molecule has 0 fully saturated rings. The molecule has 1 N–H and O–H groups in total. The first-order chi connectivity index (χ1) is 20.0. The van der Waals surface area contributed by atoms with Gasteiger partial charge in [-0.15, -0.1) is 0 Å². The van der Waals surface area contributed by atoms with Gasteiger partial charge in [-0.3, -0.25) is 13.9 Å². The number of hydrogen-bond acceptors (Lipinski definition) is 6. The van der Waals surface area contributed by atoms with Gasteiger partial charge < -0.3 is 19.7 Å². The van der Waals surface area contributed by atoms with Crippen molar-refractivity contribution in [1.82, 2.24) is 10.2 Å². The lowest BCUT2D eigenvalue weighted by atomic mass is 10.1. The SMILES string of the molecule is CCCCNC(=O)[C@@H](C)N(Cc1ccc(F)cc1)C(=O)CN(c1ccc(F)cc1)S(=O)(=O)c1ccc(OC)c(OC)c1. The minimum atomic E-state index is -4.42. The zero-order valence-corrected chi connectivity index (χ0v) is 24.8. The highest BCUT2D eigenvalue weighted by molar-refractivity contribution is 7.92. The molecule has 3 aromatic carbocycles. The van der Waals surface area contributed by atoms with Crippen molar-refractivity contribution in [2.45, 2.75) is 44.2 Å². The average molecular weight is 604 g/mol. The molecule has 0 aliphatic carbocycles. The number of anilines is 1. The summed E-state index contributed by atoms with van der Waals surface area (Å²) in [6.07, 6.45) is 1.60. The fraction of sp³-hybridized carbons (Fsp3) is 0.333. The van der Waals surface area contributed by atoms with Crippen LogP contribution in [0.15, 0.2) is 71.6 Å². The standard InChI is InChI=1S/C30H35F2N3O6S/c1-5-6-17-33-30(37)21(2)34(19-22-7-9-23(31)10-8-22)29(36)20-35(25-13-11-24(32)12-14-25)42(38,39)26-15-16-27(40-3)28(18-26)41-4/h7-16,18,21H,5-6,17,19-20H2,1-4H3,(H,33,37)/t21-/m1/s1. The molecule has 12 heteroatoms. The normalized spacial score (nSPS) is 11.9. The molecule has 3 rings (SSSR count). The van der Waals surface area contributed by atoms with Gasteiger partial charge in [-0.05, 0) is 67.4 Å². The number of carbonyl (C=O) groups excluding carboxylic acids is 2. The lowest BCUT2D eigenvalue weighted by molar-refractivity contribution is -0.139. The molecule has 0 saturated carbocycles. The Hall–Kier alpha value is -4.19. The fourth-order valence-corrected chi connectivity index (χ4v) is 5.58. The van der Waals surface area contributed by atoms with Crippen molar-refractivity contribution in [1.29, 1.82) is 0 Å². The van der Waals surface area contributed by atoms with Crippen LogP contribution in [0.5, 0.6) is 11.5 Å². The molecule has 42 heavy (non-hydrogen) atoms. The lowest BCUT2D eigenvalue weighted by Crippen LogP contribution is -2.51. The number of benzene rings is 3. The molecule has 0 unspecified atom stereocenters. The van der Waals surface area contributed by atoms with Crippen molar-refractivity contribution < 1.29 is 36.3 Å². The molecule has 0 aliphatic heterocycles. The number of methoxy groups -OCH3 is 2. The molecule has 3 aromatic rings. The number of halogens is 2. The zero-order chi connectivity index (χ0) is 30.9. The molecule has 0 saturated heterocycles. The molecule has 0 heterocycles. The first-order valence-corrected chi connectivity index (χ1v) is 14.8. The monoisotopic (exact) mass is 603 g/mol. The van der Waals surface area contributed by atoms with Gasteiger partial charge >= 0.3 is 0 Å². The number of nitrogens with zero attached hydrogens (tertiary/aromatic N) is 2. The van der Waals surface area contributed by atoms with Gasteiger partial charge in [0.2, 0.25) is 11.8 Å². The Morgan fingerprint density at radius 2 is 1.50 bits per heavy atom. The van der Waals surface area contributed by atoms with Gasteiger partial charge in [0.05, 0.1) is 24.8 Å². The minimum Gasteiger partial charge on any atom is -0.493 e. The Morgan fingerprint density at radius 1 is 0.905 bits per heavy atom. The third-order valence-corrected chi connectivity index (χ3v) is 8.37. The largest absolute Gasteiger partial charge is 0.493 e. The molecule has 9 nitrogen and oxygen atoms in total. The van der Waals surface area contributed by atoms with Crippen LogP contribution in [0.25, 0.3) is 0 Å². The Kier molecular flexibility index (Phi) is 11.3. The number of nitrogens with one attached hydrogen (secondary N) is 1. The van der Waals surface area contributed by atoms with E-state index in [0.717, 1.165) is 29.3 Å². The van der Waals surface area contributed by atoms with E-state index >= 15 is 0 Å². The predicted molar refractivity (Wildman–Crippen MR) is 155 cm³/mol. The van der Waals surface area contributed by atoms with Gasteiger partial charge in [0.25, 0.3) is 10.0 Å². The number of rotatable bonds is 14. The summed E-state index contributed by atoms with van der Waals surface area (Å²) in [7, 11) is -1.65. The van der Waals surface area contributed by atoms with E-state index in [0.29, 0.717) is 17.9 Å². The van der Waals surface area contributed by atoms with Crippen LogP contribution >= 0.6 is 0 Å². The first-order valence-electron chi connectivity index (χ1n) is 13.3. The van der Waals surface area contributed by atoms with Crippen LogP contribution in [0.4, 0.5) is 14.5 Å². The fourth-order valence-electron chi connectivity index (χ4n) is 4.15. The summed E-state index contributed by atoms with van der Waals surface area (Å²) >= 11 is 0. The lowest BCUT2D eigenvalue weighted by Gasteiger charge is -2.32. The summed E-state index contributed by atoms with van der Waals surface area (Å²) in [5.41, 5.74) is 0.565. The third-order valence-electron chi connectivity index (χ3n) is 6.60. The van der Waals surface area contributed by atoms with E-state index in [1.54, 1.807) is 0 Å². The summed E-state index contributed by atoms with van der Waals surface area (Å²) in [6.45, 7) is 3.12. The quantitative estimate of drug-likeness (QED) is 0.272. The number of unbranched alkanes of at least 4 members (excludes halogenated alkanes) is 1. The Balaban J connectivity index is 2.03. The van der Waals surface area contributed by atoms with Crippen molar-refractivity contribution in [3.05, 3.63) is 83.9 Å². The van der Waals surface area contributed by atoms with E-state index in [2.05, 4.69) is 5.32 Å². The molecule has 1 atom stereocenters. The first kappa shape index (κ1) is 32.3. The van der Waals surface area contributed by atoms with Crippen LogP contribution in [0.1, 0.15) is 32.3 Å². The van der Waals surface area contributed by atoms with Crippen molar-refractivity contribution in [3.63, 3.8) is 0 Å². The van der Waals surface area contributed by atoms with Crippen molar-refractivity contribution in [3.8, 4) is 11.5 Å². The molecule has 0 bridgehead atoms. The number of sulfonamides is 1. The molecule has 0 aromatic heterocycles. The molecule has 226 valence electrons. The van der Waals surface area contributed by atoms with Crippen LogP contribution in [-0.2, 0) is 26.2 Å². The predicted octanol–water partition coefficient (Wildman–Crippen LogP) is 4.51. The second kappa shape index (κ2) is 14.6. The number of amides is 2. The maximum absolute atomic E-state index is 14.0. The van der Waals surface area contributed by atoms with E-state index in [4.69, 9.17) is 9.47 Å². The highest BCUT2D eigenvalue weighted by Gasteiger charge is 2.33. The summed E-state index contributed by atoms with van der Waals surface area (Å²) in [5.74, 6) is -1.73. The van der Waals surface area contributed by atoms with Crippen LogP contribution < -0.4 is 19.1 Å². The summed E-state index contributed by atoms with van der Waals surface area (Å²) in [5, 5.41) is 2.79. The van der Waals surface area contributed by atoms with Crippen LogP contribution in [0.3, 0.4) is 0 Å². The maximum Gasteiger partial charge on any atom is 0.264 e. The molecule has 0 spiro atoms. The molecule has 0 radical (unpaired) electrons. The van der Waals surface area contributed by atoms with Crippen LogP contribution in [0.2, 0.25) is 0 Å². The van der Waals surface area contributed by atoms with Gasteiger partial charge in [0.1, 0.15) is 24.2 Å². The molecular formula is C30H35F2N3O6S. The number of carbonyl (C=O) groups is 2. The topological polar surface area (TPSA) is 105 Å². The van der Waals surface area contributed by atoms with Crippen molar-refractivity contribution >= 4 is 27.5 Å². The smallest absolute Gasteiger partial charge is 0.264 e. The van der Waals surface area contributed by atoms with E-state index in [-0.39, 0.29) is 22.9 Å². The van der Waals surface area contributed by atoms with Gasteiger partial charge in [-0.1, -0.05) is 25.5 Å². The Morgan fingerprint density at radius 3 is 2.07 bits per heavy atom. The van der Waals surface area contributed by atoms with E-state index in [9.17, 15) is 26.8 Å². The van der Waals surface area contributed by atoms with E-state index < -0.39 is 46.1 Å². The Labute approximate surface area is 245 Å². The maximum atomic E-state index is 14.0. The second-order valence-corrected chi connectivity index (χ2v) is 11.3. The zero-order valence-electron chi connectivity index (χ0n) is 24.0. The summed E-state index contributed by atoms with van der Waals surface area (Å²) in [6, 6.07) is 13.1. The van der Waals surface area contributed by atoms with Gasteiger partial charge in [-0.25, -0.2) is 17.2 Å². The highest BCUT2D eigenvalue weighted by atomic mass is 32.2. The Bertz CT molecular complexity index is 1470. The van der Waals surface area contributed by atoms with Gasteiger partial charge in [0, 0.05) is 19.2 Å². The van der Waals surface area contributed by atoms with Gasteiger partial charge in [0.15, 0.2) is 11.5 Å². The van der Waals surface area contributed by atoms with Crippen molar-refractivity contribution in [2.24, 2.45) is 0 Å². The average Bonchev–Trinajstić information content (AvgIpc) is 2.99. The summed E-state index contributed by atoms with van der Waals surface area (Å²) < 4.78 is 66.6. The second-order valence-electron chi connectivity index (χ2n) is 9.47. The third kappa shape index (κ3) is 7.96. The van der Waals surface area contributed by atoms with E-state index in [1.807, 2.05) is 6.92 Å². The molecular weight excluding hydrogens is 568 g/mol. The van der Waals surface area contributed by atoms with Crippen molar-refractivity contribution in [2.75, 3.05) is 31.6 Å². The number of ether oxygens (including phenoxy) is 2. The van der Waals surface area contributed by atoms with Crippen LogP contribution in [-0.4, -0.2) is 58.5 Å². The molecule has 0 aliphatic rings. The van der Waals surface area contributed by atoms with E-state index in [1.165, 1.54) is 80.6 Å². The highest BCUT2D eigenvalue weighted by Crippen LogP contribution is 2.32. The summed E-state index contributed by atoms with van der Waals surface area (Å²) in [4.78, 5) is 27.9.